The molecule has 1 saturated heterocycles. The average Bonchev–Trinajstić information content (AvgIpc) is 3.53. The highest BCUT2D eigenvalue weighted by Crippen LogP contribution is 2.34. The zero-order valence-corrected chi connectivity index (χ0v) is 20.2. The van der Waals surface area contributed by atoms with Gasteiger partial charge in [-0.05, 0) is 56.4 Å². The van der Waals surface area contributed by atoms with Crippen molar-refractivity contribution in [3.63, 3.8) is 0 Å². The maximum atomic E-state index is 13.0. The van der Waals surface area contributed by atoms with Crippen LogP contribution in [0.3, 0.4) is 0 Å². The predicted octanol–water partition coefficient (Wildman–Crippen LogP) is 3.30. The van der Waals surface area contributed by atoms with Crippen LogP contribution in [0.1, 0.15) is 81.3 Å². The highest BCUT2D eigenvalue weighted by molar-refractivity contribution is 6.30. The number of nitrogens with zero attached hydrogens (tertiary/aromatic N) is 3. The Morgan fingerprint density at radius 1 is 1.09 bits per heavy atom. The number of aliphatic hydroxyl groups is 2. The first-order valence-electron chi connectivity index (χ1n) is 12.1. The van der Waals surface area contributed by atoms with Gasteiger partial charge in [0, 0.05) is 17.8 Å². The third-order valence-electron chi connectivity index (χ3n) is 6.97. The van der Waals surface area contributed by atoms with Crippen molar-refractivity contribution in [2.75, 3.05) is 6.54 Å². The summed E-state index contributed by atoms with van der Waals surface area (Å²) in [6.45, 7) is 2.21. The fourth-order valence-corrected chi connectivity index (χ4v) is 5.24. The van der Waals surface area contributed by atoms with Gasteiger partial charge < -0.3 is 20.4 Å². The standard InChI is InChI=1S/C25H33ClN4O4/c1-16(20-12-14-30(28-20)19-9-3-2-4-10-19)27-24(33)22(31)23(32)25(34)29-13-6-11-21(29)17-7-5-8-18(26)15-17/h5,7-8,12,14-16,19,21-23,31-32H,2-4,6,9-11,13H2,1H3,(H,27,33)/t16-,21?,22-,23-/m1/s1. The Balaban J connectivity index is 1.36. The summed E-state index contributed by atoms with van der Waals surface area (Å²) >= 11 is 6.10. The molecule has 1 unspecified atom stereocenters. The van der Waals surface area contributed by atoms with E-state index in [2.05, 4.69) is 10.4 Å². The topological polar surface area (TPSA) is 108 Å². The van der Waals surface area contributed by atoms with Crippen LogP contribution in [0, 0.1) is 0 Å². The van der Waals surface area contributed by atoms with Crippen molar-refractivity contribution in [3.05, 3.63) is 52.8 Å². The summed E-state index contributed by atoms with van der Waals surface area (Å²) in [7, 11) is 0. The summed E-state index contributed by atoms with van der Waals surface area (Å²) in [5.41, 5.74) is 1.54. The van der Waals surface area contributed by atoms with E-state index >= 15 is 0 Å². The van der Waals surface area contributed by atoms with Gasteiger partial charge in [0.05, 0.1) is 23.8 Å². The Labute approximate surface area is 204 Å². The normalized spacial score (nSPS) is 21.8. The smallest absolute Gasteiger partial charge is 0.255 e. The van der Waals surface area contributed by atoms with Gasteiger partial charge in [0.2, 0.25) is 0 Å². The van der Waals surface area contributed by atoms with E-state index in [-0.39, 0.29) is 6.04 Å². The van der Waals surface area contributed by atoms with Crippen molar-refractivity contribution in [2.45, 2.75) is 82.2 Å². The van der Waals surface area contributed by atoms with Gasteiger partial charge >= 0.3 is 0 Å². The molecule has 2 amide bonds. The summed E-state index contributed by atoms with van der Waals surface area (Å²) in [6, 6.07) is 8.76. The van der Waals surface area contributed by atoms with Gasteiger partial charge in [-0.2, -0.15) is 5.10 Å². The molecule has 2 fully saturated rings. The largest absolute Gasteiger partial charge is 0.380 e. The van der Waals surface area contributed by atoms with Crippen LogP contribution in [0.15, 0.2) is 36.5 Å². The molecular formula is C25H33ClN4O4. The molecule has 4 atom stereocenters. The number of aromatic nitrogens is 2. The van der Waals surface area contributed by atoms with Gasteiger partial charge in [-0.25, -0.2) is 0 Å². The van der Waals surface area contributed by atoms with Gasteiger partial charge in [-0.15, -0.1) is 0 Å². The first-order valence-corrected chi connectivity index (χ1v) is 12.5. The van der Waals surface area contributed by atoms with Crippen LogP contribution in [0.4, 0.5) is 0 Å². The summed E-state index contributed by atoms with van der Waals surface area (Å²) in [6.07, 6.45) is 5.52. The molecule has 1 aliphatic carbocycles. The molecular weight excluding hydrogens is 456 g/mol. The molecule has 184 valence electrons. The van der Waals surface area contributed by atoms with Crippen molar-refractivity contribution >= 4 is 23.4 Å². The van der Waals surface area contributed by atoms with Crippen LogP contribution in [0.5, 0.6) is 0 Å². The molecule has 1 aliphatic heterocycles. The second kappa shape index (κ2) is 10.9. The SMILES string of the molecule is C[C@@H](NC(=O)[C@H](O)[C@@H](O)C(=O)N1CCCC1c1cccc(Cl)c1)c1ccn(C2CCCCC2)n1. The van der Waals surface area contributed by atoms with Gasteiger partial charge in [-0.3, -0.25) is 14.3 Å². The number of halogens is 1. The van der Waals surface area contributed by atoms with Crippen molar-refractivity contribution in [1.82, 2.24) is 20.0 Å². The quantitative estimate of drug-likeness (QED) is 0.554. The molecule has 0 radical (unpaired) electrons. The van der Waals surface area contributed by atoms with E-state index in [1.165, 1.54) is 24.2 Å². The molecule has 0 bridgehead atoms. The molecule has 2 aromatic rings. The predicted molar refractivity (Wildman–Crippen MR) is 128 cm³/mol. The molecule has 2 aliphatic rings. The second-order valence-corrected chi connectivity index (χ2v) is 9.81. The summed E-state index contributed by atoms with van der Waals surface area (Å²) < 4.78 is 1.95. The van der Waals surface area contributed by atoms with Crippen molar-refractivity contribution in [2.24, 2.45) is 0 Å². The average molecular weight is 489 g/mol. The minimum atomic E-state index is -1.88. The first kappa shape index (κ1) is 24.7. The number of amides is 2. The monoisotopic (exact) mass is 488 g/mol. The molecule has 3 N–H and O–H groups in total. The van der Waals surface area contributed by atoms with Crippen molar-refractivity contribution in [3.8, 4) is 0 Å². The molecule has 1 saturated carbocycles. The molecule has 9 heteroatoms. The zero-order valence-electron chi connectivity index (χ0n) is 19.4. The van der Waals surface area contributed by atoms with Crippen LogP contribution in [-0.4, -0.2) is 55.5 Å². The number of rotatable bonds is 7. The van der Waals surface area contributed by atoms with Gasteiger partial charge in [0.1, 0.15) is 0 Å². The Hall–Kier alpha value is -2.42. The Morgan fingerprint density at radius 3 is 2.59 bits per heavy atom. The highest BCUT2D eigenvalue weighted by Gasteiger charge is 2.39. The summed E-state index contributed by atoms with van der Waals surface area (Å²) in [5, 5.41) is 28.9. The minimum Gasteiger partial charge on any atom is -0.380 e. The lowest BCUT2D eigenvalue weighted by molar-refractivity contribution is -0.154. The van der Waals surface area contributed by atoms with E-state index in [4.69, 9.17) is 11.6 Å². The fraction of sp³-hybridized carbons (Fsp3) is 0.560. The van der Waals surface area contributed by atoms with E-state index in [0.717, 1.165) is 31.2 Å². The van der Waals surface area contributed by atoms with E-state index in [0.29, 0.717) is 23.3 Å². The molecule has 34 heavy (non-hydrogen) atoms. The lowest BCUT2D eigenvalue weighted by Gasteiger charge is -2.29. The zero-order chi connectivity index (χ0) is 24.2. The lowest BCUT2D eigenvalue weighted by Crippen LogP contribution is -2.51. The second-order valence-electron chi connectivity index (χ2n) is 9.38. The number of hydrogen-bond donors (Lipinski definition) is 3. The Kier molecular flexibility index (Phi) is 7.91. The van der Waals surface area contributed by atoms with E-state index in [9.17, 15) is 19.8 Å². The maximum Gasteiger partial charge on any atom is 0.255 e. The van der Waals surface area contributed by atoms with Crippen molar-refractivity contribution < 1.29 is 19.8 Å². The summed E-state index contributed by atoms with van der Waals surface area (Å²) in [5.74, 6) is -1.47. The van der Waals surface area contributed by atoms with Gasteiger partial charge in [0.25, 0.3) is 11.8 Å². The summed E-state index contributed by atoms with van der Waals surface area (Å²) in [4.78, 5) is 27.1. The third kappa shape index (κ3) is 5.45. The van der Waals surface area contributed by atoms with Crippen LogP contribution in [0.25, 0.3) is 0 Å². The molecule has 4 rings (SSSR count). The third-order valence-corrected chi connectivity index (χ3v) is 7.21. The molecule has 2 heterocycles. The Morgan fingerprint density at radius 2 is 1.85 bits per heavy atom. The number of benzene rings is 1. The highest BCUT2D eigenvalue weighted by atomic mass is 35.5. The molecule has 0 spiro atoms. The van der Waals surface area contributed by atoms with E-state index in [1.54, 1.807) is 19.1 Å². The number of likely N-dealkylation sites (tertiary alicyclic amines) is 1. The van der Waals surface area contributed by atoms with Gasteiger partial charge in [0.15, 0.2) is 12.2 Å². The Bertz CT molecular complexity index is 1010. The number of aliphatic hydroxyl groups excluding tert-OH is 2. The minimum absolute atomic E-state index is 0.251. The number of carbonyl (C=O) groups is 2. The van der Waals surface area contributed by atoms with Crippen LogP contribution in [-0.2, 0) is 9.59 Å². The number of carbonyl (C=O) groups excluding carboxylic acids is 2. The maximum absolute atomic E-state index is 13.0. The van der Waals surface area contributed by atoms with Crippen LogP contribution in [0.2, 0.25) is 5.02 Å². The number of nitrogens with one attached hydrogen (secondary N) is 1. The first-order chi connectivity index (χ1) is 16.3. The van der Waals surface area contributed by atoms with Crippen LogP contribution < -0.4 is 5.32 Å². The molecule has 8 nitrogen and oxygen atoms in total. The number of hydrogen-bond acceptors (Lipinski definition) is 5. The van der Waals surface area contributed by atoms with E-state index in [1.807, 2.05) is 29.1 Å². The molecule has 1 aromatic carbocycles. The fourth-order valence-electron chi connectivity index (χ4n) is 5.04. The van der Waals surface area contributed by atoms with Crippen molar-refractivity contribution in [1.29, 1.82) is 0 Å². The van der Waals surface area contributed by atoms with E-state index < -0.39 is 30.1 Å². The van der Waals surface area contributed by atoms with Crippen LogP contribution >= 0.6 is 11.6 Å². The van der Waals surface area contributed by atoms with Gasteiger partial charge in [-0.1, -0.05) is 43.0 Å². The molecule has 1 aromatic heterocycles. The lowest BCUT2D eigenvalue weighted by atomic mass is 9.96.